The molecule has 5 heteroatoms. The Balaban J connectivity index is 1.87. The highest BCUT2D eigenvalue weighted by molar-refractivity contribution is 5.95. The molecule has 0 spiro atoms. The van der Waals surface area contributed by atoms with Crippen molar-refractivity contribution >= 4 is 5.91 Å². The van der Waals surface area contributed by atoms with Crippen LogP contribution in [0.3, 0.4) is 0 Å². The van der Waals surface area contributed by atoms with Crippen molar-refractivity contribution in [1.29, 1.82) is 0 Å². The minimum Gasteiger partial charge on any atom is -0.491 e. The molecular formula is C17H22N2O3. The number of amides is 1. The van der Waals surface area contributed by atoms with E-state index in [1.165, 1.54) is 6.26 Å². The van der Waals surface area contributed by atoms with Gasteiger partial charge in [0.05, 0.1) is 6.54 Å². The quantitative estimate of drug-likeness (QED) is 0.862. The largest absolute Gasteiger partial charge is 0.491 e. The number of nitrogens with one attached hydrogen (secondary N) is 1. The summed E-state index contributed by atoms with van der Waals surface area (Å²) >= 11 is 0. The van der Waals surface area contributed by atoms with Crippen LogP contribution in [-0.4, -0.2) is 24.2 Å². The monoisotopic (exact) mass is 302 g/mol. The standard InChI is InChI=1S/C17H22N2O3/c1-12-7-5-6-8-14(12)21-10-9-18-16(20)13-11-22-19-15(13)17(2,3)4/h5-8,11H,9-10H2,1-4H3,(H,18,20). The number of rotatable bonds is 5. The molecule has 22 heavy (non-hydrogen) atoms. The first-order valence-electron chi connectivity index (χ1n) is 7.31. The third-order valence-corrected chi connectivity index (χ3v) is 3.26. The van der Waals surface area contributed by atoms with Gasteiger partial charge in [-0.1, -0.05) is 44.1 Å². The zero-order valence-electron chi connectivity index (χ0n) is 13.5. The normalized spacial score (nSPS) is 11.3. The van der Waals surface area contributed by atoms with E-state index in [4.69, 9.17) is 9.26 Å². The first-order valence-corrected chi connectivity index (χ1v) is 7.31. The highest BCUT2D eigenvalue weighted by Crippen LogP contribution is 2.24. The van der Waals surface area contributed by atoms with Crippen LogP contribution in [-0.2, 0) is 5.41 Å². The molecule has 0 aliphatic carbocycles. The molecule has 0 aliphatic heterocycles. The molecule has 1 aromatic heterocycles. The van der Waals surface area contributed by atoms with Gasteiger partial charge in [0, 0.05) is 5.41 Å². The minimum absolute atomic E-state index is 0.195. The molecule has 0 fully saturated rings. The summed E-state index contributed by atoms with van der Waals surface area (Å²) < 4.78 is 10.6. The smallest absolute Gasteiger partial charge is 0.256 e. The molecule has 0 bridgehead atoms. The van der Waals surface area contributed by atoms with Gasteiger partial charge in [0.15, 0.2) is 0 Å². The van der Waals surface area contributed by atoms with Crippen molar-refractivity contribution in [2.24, 2.45) is 0 Å². The minimum atomic E-state index is -0.239. The fourth-order valence-corrected chi connectivity index (χ4v) is 2.08. The van der Waals surface area contributed by atoms with Gasteiger partial charge in [0.2, 0.25) is 0 Å². The Kier molecular flexibility index (Phi) is 4.85. The van der Waals surface area contributed by atoms with Crippen LogP contribution >= 0.6 is 0 Å². The first-order chi connectivity index (χ1) is 10.4. The van der Waals surface area contributed by atoms with Crippen molar-refractivity contribution in [3.05, 3.63) is 47.3 Å². The predicted molar refractivity (Wildman–Crippen MR) is 84.2 cm³/mol. The van der Waals surface area contributed by atoms with E-state index < -0.39 is 0 Å². The molecule has 0 aliphatic rings. The van der Waals surface area contributed by atoms with Crippen molar-refractivity contribution < 1.29 is 14.1 Å². The fourth-order valence-electron chi connectivity index (χ4n) is 2.08. The Bertz CT molecular complexity index is 641. The van der Waals surface area contributed by atoms with Crippen molar-refractivity contribution in [2.75, 3.05) is 13.2 Å². The van der Waals surface area contributed by atoms with Crippen molar-refractivity contribution in [1.82, 2.24) is 10.5 Å². The van der Waals surface area contributed by atoms with Crippen LogP contribution in [0.25, 0.3) is 0 Å². The molecule has 0 unspecified atom stereocenters. The Morgan fingerprint density at radius 1 is 1.32 bits per heavy atom. The summed E-state index contributed by atoms with van der Waals surface area (Å²) in [7, 11) is 0. The van der Waals surface area contributed by atoms with Gasteiger partial charge < -0.3 is 14.6 Å². The van der Waals surface area contributed by atoms with Crippen LogP contribution in [0.15, 0.2) is 35.1 Å². The number of carbonyl (C=O) groups is 1. The maximum Gasteiger partial charge on any atom is 0.256 e. The van der Waals surface area contributed by atoms with E-state index in [-0.39, 0.29) is 11.3 Å². The van der Waals surface area contributed by atoms with E-state index in [1.54, 1.807) is 0 Å². The summed E-state index contributed by atoms with van der Waals surface area (Å²) in [6.45, 7) is 8.78. The van der Waals surface area contributed by atoms with Crippen LogP contribution in [0.4, 0.5) is 0 Å². The third kappa shape index (κ3) is 3.87. The molecule has 0 saturated heterocycles. The van der Waals surface area contributed by atoms with E-state index in [2.05, 4.69) is 10.5 Å². The number of nitrogens with zero attached hydrogens (tertiary/aromatic N) is 1. The van der Waals surface area contributed by atoms with Crippen LogP contribution < -0.4 is 10.1 Å². The van der Waals surface area contributed by atoms with Gasteiger partial charge in [0.1, 0.15) is 29.9 Å². The zero-order chi connectivity index (χ0) is 16.2. The molecule has 2 aromatic rings. The molecule has 2 rings (SSSR count). The molecule has 1 heterocycles. The van der Waals surface area contributed by atoms with E-state index in [1.807, 2.05) is 52.0 Å². The fraction of sp³-hybridized carbons (Fsp3) is 0.412. The summed E-state index contributed by atoms with van der Waals surface area (Å²) in [5.41, 5.74) is 1.97. The lowest BCUT2D eigenvalue weighted by Gasteiger charge is -2.16. The van der Waals surface area contributed by atoms with Gasteiger partial charge in [-0.05, 0) is 18.6 Å². The lowest BCUT2D eigenvalue weighted by Crippen LogP contribution is -2.30. The van der Waals surface area contributed by atoms with Crippen LogP contribution in [0.5, 0.6) is 5.75 Å². The molecular weight excluding hydrogens is 280 g/mol. The molecule has 1 N–H and O–H groups in total. The second kappa shape index (κ2) is 6.64. The number of aryl methyl sites for hydroxylation is 1. The SMILES string of the molecule is Cc1ccccc1OCCNC(=O)c1conc1C(C)(C)C. The number of para-hydroxylation sites is 1. The zero-order valence-corrected chi connectivity index (χ0v) is 13.5. The number of benzene rings is 1. The van der Waals surface area contributed by atoms with Gasteiger partial charge in [-0.25, -0.2) is 0 Å². The third-order valence-electron chi connectivity index (χ3n) is 3.26. The average molecular weight is 302 g/mol. The second-order valence-corrected chi connectivity index (χ2v) is 6.20. The second-order valence-electron chi connectivity index (χ2n) is 6.20. The average Bonchev–Trinajstić information content (AvgIpc) is 2.94. The van der Waals surface area contributed by atoms with Gasteiger partial charge in [-0.15, -0.1) is 0 Å². The van der Waals surface area contributed by atoms with E-state index in [9.17, 15) is 4.79 Å². The highest BCUT2D eigenvalue weighted by atomic mass is 16.5. The van der Waals surface area contributed by atoms with Gasteiger partial charge >= 0.3 is 0 Å². The van der Waals surface area contributed by atoms with E-state index in [0.717, 1.165) is 11.3 Å². The molecule has 1 aromatic carbocycles. The van der Waals surface area contributed by atoms with Crippen LogP contribution in [0, 0.1) is 6.92 Å². The Morgan fingerprint density at radius 3 is 2.73 bits per heavy atom. The predicted octanol–water partition coefficient (Wildman–Crippen LogP) is 3.09. The first kappa shape index (κ1) is 16.1. The number of aromatic nitrogens is 1. The molecule has 0 atom stereocenters. The van der Waals surface area contributed by atoms with Gasteiger partial charge in [-0.3, -0.25) is 4.79 Å². The number of carbonyl (C=O) groups excluding carboxylic acids is 1. The number of hydrogen-bond acceptors (Lipinski definition) is 4. The summed E-state index contributed by atoms with van der Waals surface area (Å²) in [5, 5.41) is 6.75. The number of hydrogen-bond donors (Lipinski definition) is 1. The maximum absolute atomic E-state index is 12.2. The topological polar surface area (TPSA) is 64.4 Å². The molecule has 5 nitrogen and oxygen atoms in total. The summed E-state index contributed by atoms with van der Waals surface area (Å²) in [5.74, 6) is 0.636. The van der Waals surface area contributed by atoms with E-state index in [0.29, 0.717) is 24.4 Å². The molecule has 118 valence electrons. The lowest BCUT2D eigenvalue weighted by atomic mass is 9.89. The van der Waals surface area contributed by atoms with Crippen molar-refractivity contribution in [3.63, 3.8) is 0 Å². The Labute approximate surface area is 130 Å². The molecule has 0 saturated carbocycles. The Morgan fingerprint density at radius 2 is 2.05 bits per heavy atom. The highest BCUT2D eigenvalue weighted by Gasteiger charge is 2.25. The van der Waals surface area contributed by atoms with Crippen molar-refractivity contribution in [3.8, 4) is 5.75 Å². The summed E-state index contributed by atoms with van der Waals surface area (Å²) in [4.78, 5) is 12.2. The number of ether oxygens (including phenoxy) is 1. The molecule has 1 amide bonds. The lowest BCUT2D eigenvalue weighted by molar-refractivity contribution is 0.0944. The Hall–Kier alpha value is -2.30. The van der Waals surface area contributed by atoms with Gasteiger partial charge in [0.25, 0.3) is 5.91 Å². The molecule has 0 radical (unpaired) electrons. The summed E-state index contributed by atoms with van der Waals surface area (Å²) in [6.07, 6.45) is 1.39. The van der Waals surface area contributed by atoms with E-state index >= 15 is 0 Å². The van der Waals surface area contributed by atoms with Crippen molar-refractivity contribution in [2.45, 2.75) is 33.1 Å². The van der Waals surface area contributed by atoms with Gasteiger partial charge in [-0.2, -0.15) is 0 Å². The van der Waals surface area contributed by atoms with Crippen LogP contribution in [0.2, 0.25) is 0 Å². The summed E-state index contributed by atoms with van der Waals surface area (Å²) in [6, 6.07) is 7.78. The van der Waals surface area contributed by atoms with Crippen LogP contribution in [0.1, 0.15) is 42.4 Å². The maximum atomic E-state index is 12.2.